The van der Waals surface area contributed by atoms with Crippen molar-refractivity contribution in [1.82, 2.24) is 0 Å². The molecule has 0 saturated carbocycles. The number of benzene rings is 2. The van der Waals surface area contributed by atoms with Crippen LogP contribution < -0.4 is 5.32 Å². The molecule has 1 heterocycles. The minimum Gasteiger partial charge on any atom is -0.375 e. The lowest BCUT2D eigenvalue weighted by Gasteiger charge is -2.20. The quantitative estimate of drug-likeness (QED) is 0.801. The number of halogens is 3. The Balaban J connectivity index is 1.97. The zero-order valence-electron chi connectivity index (χ0n) is 11.6. The lowest BCUT2D eigenvalue weighted by molar-refractivity contribution is -0.133. The van der Waals surface area contributed by atoms with Crippen LogP contribution in [0.2, 0.25) is 15.1 Å². The van der Waals surface area contributed by atoms with Gasteiger partial charge in [0.05, 0.1) is 11.4 Å². The van der Waals surface area contributed by atoms with E-state index in [0.717, 1.165) is 0 Å². The number of anilines is 1. The fraction of sp³-hybridized carbons (Fsp3) is 0.125. The Morgan fingerprint density at radius 1 is 1.09 bits per heavy atom. The average molecular weight is 371 g/mol. The lowest BCUT2D eigenvalue weighted by Crippen LogP contribution is -2.36. The summed E-state index contributed by atoms with van der Waals surface area (Å²) in [6, 6.07) is 9.04. The maximum absolute atomic E-state index is 12.5. The molecule has 0 aliphatic carbocycles. The average Bonchev–Trinajstić information content (AvgIpc) is 2.70. The van der Waals surface area contributed by atoms with Gasteiger partial charge in [-0.15, -0.1) is 0 Å². The Bertz CT molecular complexity index is 837. The molecule has 0 radical (unpaired) electrons. The predicted molar refractivity (Wildman–Crippen MR) is 89.4 cm³/mol. The molecule has 2 aromatic carbocycles. The number of hydrogen-bond acceptors (Lipinski definition) is 3. The lowest BCUT2D eigenvalue weighted by atomic mass is 9.88. The van der Waals surface area contributed by atoms with E-state index in [4.69, 9.17) is 34.8 Å². The Labute approximate surface area is 147 Å². The highest BCUT2D eigenvalue weighted by atomic mass is 35.5. The van der Waals surface area contributed by atoms with Crippen molar-refractivity contribution < 1.29 is 14.7 Å². The standard InChI is InChI=1S/C16H10Cl3NO3/c17-8-2-4-13-11(5-8)16(23,15(22)20-13)7-14(21)10-3-1-9(18)6-12(10)19/h1-6,23H,7H2,(H,20,22). The molecular weight excluding hydrogens is 361 g/mol. The van der Waals surface area contributed by atoms with Crippen molar-refractivity contribution in [2.45, 2.75) is 12.0 Å². The van der Waals surface area contributed by atoms with E-state index in [0.29, 0.717) is 15.7 Å². The number of rotatable bonds is 3. The third kappa shape index (κ3) is 2.83. The zero-order valence-corrected chi connectivity index (χ0v) is 13.8. The van der Waals surface area contributed by atoms with Crippen LogP contribution >= 0.6 is 34.8 Å². The van der Waals surface area contributed by atoms with Crippen molar-refractivity contribution in [2.75, 3.05) is 5.32 Å². The number of carbonyl (C=O) groups excluding carboxylic acids is 2. The van der Waals surface area contributed by atoms with Gasteiger partial charge in [0.1, 0.15) is 0 Å². The molecule has 23 heavy (non-hydrogen) atoms. The molecule has 0 fully saturated rings. The molecule has 1 amide bonds. The monoisotopic (exact) mass is 369 g/mol. The third-order valence-electron chi connectivity index (χ3n) is 3.70. The fourth-order valence-corrected chi connectivity index (χ4v) is 3.22. The first-order valence-electron chi connectivity index (χ1n) is 6.63. The normalized spacial score (nSPS) is 19.4. The maximum Gasteiger partial charge on any atom is 0.261 e. The van der Waals surface area contributed by atoms with Crippen molar-refractivity contribution >= 4 is 52.2 Å². The van der Waals surface area contributed by atoms with E-state index in [1.807, 2.05) is 0 Å². The van der Waals surface area contributed by atoms with Crippen LogP contribution in [0.5, 0.6) is 0 Å². The van der Waals surface area contributed by atoms with E-state index in [-0.39, 0.29) is 16.1 Å². The summed E-state index contributed by atoms with van der Waals surface area (Å²) < 4.78 is 0. The predicted octanol–water partition coefficient (Wildman–Crippen LogP) is 4.06. The van der Waals surface area contributed by atoms with E-state index in [2.05, 4.69) is 5.32 Å². The molecule has 118 valence electrons. The highest BCUT2D eigenvalue weighted by Crippen LogP contribution is 2.40. The number of nitrogens with one attached hydrogen (secondary N) is 1. The number of fused-ring (bicyclic) bond motifs is 1. The molecule has 0 saturated heterocycles. The summed E-state index contributed by atoms with van der Waals surface area (Å²) in [5, 5.41) is 14.2. The van der Waals surface area contributed by atoms with Gasteiger partial charge >= 0.3 is 0 Å². The summed E-state index contributed by atoms with van der Waals surface area (Å²) >= 11 is 17.7. The molecule has 4 nitrogen and oxygen atoms in total. The van der Waals surface area contributed by atoms with Gasteiger partial charge in [0, 0.05) is 26.9 Å². The molecule has 2 N–H and O–H groups in total. The zero-order chi connectivity index (χ0) is 16.8. The van der Waals surface area contributed by atoms with E-state index in [1.165, 1.54) is 24.3 Å². The van der Waals surface area contributed by atoms with Crippen LogP contribution in [0.3, 0.4) is 0 Å². The van der Waals surface area contributed by atoms with Gasteiger partial charge in [-0.1, -0.05) is 34.8 Å². The molecule has 2 aromatic rings. The SMILES string of the molecule is O=C(CC1(O)C(=O)Nc2ccc(Cl)cc21)c1ccc(Cl)cc1Cl. The van der Waals surface area contributed by atoms with Crippen LogP contribution in [0.4, 0.5) is 5.69 Å². The van der Waals surface area contributed by atoms with Gasteiger partial charge in [0.2, 0.25) is 0 Å². The Morgan fingerprint density at radius 3 is 2.43 bits per heavy atom. The summed E-state index contributed by atoms with van der Waals surface area (Å²) in [5.74, 6) is -1.15. The van der Waals surface area contributed by atoms with E-state index < -0.39 is 23.7 Å². The van der Waals surface area contributed by atoms with E-state index in [9.17, 15) is 14.7 Å². The van der Waals surface area contributed by atoms with Crippen molar-refractivity contribution in [3.8, 4) is 0 Å². The first kappa shape index (κ1) is 16.3. The molecule has 7 heteroatoms. The van der Waals surface area contributed by atoms with Crippen molar-refractivity contribution in [2.24, 2.45) is 0 Å². The molecule has 0 bridgehead atoms. The van der Waals surface area contributed by atoms with E-state index in [1.54, 1.807) is 12.1 Å². The van der Waals surface area contributed by atoms with Crippen molar-refractivity contribution in [3.05, 3.63) is 62.6 Å². The second-order valence-corrected chi connectivity index (χ2v) is 6.51. The minimum absolute atomic E-state index is 0.163. The third-order valence-corrected chi connectivity index (χ3v) is 4.48. The number of hydrogen-bond donors (Lipinski definition) is 2. The first-order chi connectivity index (χ1) is 10.8. The topological polar surface area (TPSA) is 66.4 Å². The number of aliphatic hydroxyl groups is 1. The second kappa shape index (κ2) is 5.80. The summed E-state index contributed by atoms with van der Waals surface area (Å²) in [7, 11) is 0. The van der Waals surface area contributed by atoms with Crippen LogP contribution in [0, 0.1) is 0 Å². The number of ketones is 1. The molecular formula is C16H10Cl3NO3. The smallest absolute Gasteiger partial charge is 0.261 e. The van der Waals surface area contributed by atoms with Crippen molar-refractivity contribution in [3.63, 3.8) is 0 Å². The summed E-state index contributed by atoms with van der Waals surface area (Å²) in [6.45, 7) is 0. The number of Topliss-reactive ketones (excluding diaryl/α,β-unsaturated/α-hetero) is 1. The fourth-order valence-electron chi connectivity index (χ4n) is 2.53. The molecule has 3 rings (SSSR count). The van der Waals surface area contributed by atoms with Gasteiger partial charge in [-0.05, 0) is 36.4 Å². The van der Waals surface area contributed by atoms with Crippen molar-refractivity contribution in [1.29, 1.82) is 0 Å². The maximum atomic E-state index is 12.5. The largest absolute Gasteiger partial charge is 0.375 e. The van der Waals surface area contributed by atoms with Gasteiger partial charge in [0.25, 0.3) is 5.91 Å². The second-order valence-electron chi connectivity index (χ2n) is 5.23. The molecule has 1 atom stereocenters. The van der Waals surface area contributed by atoms with Crippen LogP contribution in [-0.4, -0.2) is 16.8 Å². The van der Waals surface area contributed by atoms with Crippen LogP contribution in [-0.2, 0) is 10.4 Å². The first-order valence-corrected chi connectivity index (χ1v) is 7.77. The molecule has 1 unspecified atom stereocenters. The van der Waals surface area contributed by atoms with Gasteiger partial charge < -0.3 is 10.4 Å². The van der Waals surface area contributed by atoms with Gasteiger partial charge in [-0.2, -0.15) is 0 Å². The van der Waals surface area contributed by atoms with Gasteiger partial charge in [-0.3, -0.25) is 9.59 Å². The van der Waals surface area contributed by atoms with E-state index >= 15 is 0 Å². The Hall–Kier alpha value is -1.59. The molecule has 1 aliphatic rings. The number of carbonyl (C=O) groups is 2. The van der Waals surface area contributed by atoms with Crippen LogP contribution in [0.25, 0.3) is 0 Å². The number of amides is 1. The Morgan fingerprint density at radius 2 is 1.74 bits per heavy atom. The minimum atomic E-state index is -1.99. The summed E-state index contributed by atoms with van der Waals surface area (Å²) in [4.78, 5) is 24.6. The highest BCUT2D eigenvalue weighted by molar-refractivity contribution is 6.37. The Kier molecular flexibility index (Phi) is 4.10. The molecule has 1 aliphatic heterocycles. The molecule has 0 spiro atoms. The molecule has 0 aromatic heterocycles. The van der Waals surface area contributed by atoms with Gasteiger partial charge in [-0.25, -0.2) is 0 Å². The highest BCUT2D eigenvalue weighted by Gasteiger charge is 2.47. The summed E-state index contributed by atoms with van der Waals surface area (Å²) in [6.07, 6.45) is -0.451. The summed E-state index contributed by atoms with van der Waals surface area (Å²) in [5.41, 5.74) is -1.10. The van der Waals surface area contributed by atoms with Crippen LogP contribution in [0.1, 0.15) is 22.3 Å². The van der Waals surface area contributed by atoms with Gasteiger partial charge in [0.15, 0.2) is 11.4 Å². The van der Waals surface area contributed by atoms with Crippen LogP contribution in [0.15, 0.2) is 36.4 Å².